The van der Waals surface area contributed by atoms with Crippen molar-refractivity contribution < 1.29 is 13.6 Å². The molecule has 0 unspecified atom stereocenters. The largest absolute Gasteiger partial charge is 0.298 e. The number of benzene rings is 1. The second-order valence-electron chi connectivity index (χ2n) is 3.14. The van der Waals surface area contributed by atoms with Crippen LogP contribution in [0.25, 0.3) is 0 Å². The number of hydrogen-bond acceptors (Lipinski definition) is 5. The SMILES string of the molecule is Cc1nsc(Sc2c(F)cc(C=O)cc2F)n1. The van der Waals surface area contributed by atoms with E-state index in [0.29, 0.717) is 16.5 Å². The van der Waals surface area contributed by atoms with Crippen LogP contribution < -0.4 is 0 Å². The maximum Gasteiger partial charge on any atom is 0.175 e. The zero-order chi connectivity index (χ0) is 12.4. The predicted octanol–water partition coefficient (Wildman–Crippen LogP) is 3.09. The lowest BCUT2D eigenvalue weighted by molar-refractivity contribution is 0.112. The second kappa shape index (κ2) is 4.89. The van der Waals surface area contributed by atoms with E-state index in [0.717, 1.165) is 35.4 Å². The van der Waals surface area contributed by atoms with Crippen molar-refractivity contribution in [2.24, 2.45) is 0 Å². The molecule has 0 aliphatic carbocycles. The third kappa shape index (κ3) is 2.67. The molecular weight excluding hydrogens is 266 g/mol. The van der Waals surface area contributed by atoms with Gasteiger partial charge in [-0.25, -0.2) is 13.8 Å². The van der Waals surface area contributed by atoms with Crippen LogP contribution in [0.4, 0.5) is 8.78 Å². The minimum atomic E-state index is -0.773. The van der Waals surface area contributed by atoms with Crippen LogP contribution in [0.15, 0.2) is 21.4 Å². The van der Waals surface area contributed by atoms with Crippen molar-refractivity contribution in [1.82, 2.24) is 9.36 Å². The predicted molar refractivity (Wildman–Crippen MR) is 60.5 cm³/mol. The van der Waals surface area contributed by atoms with Crippen molar-refractivity contribution in [3.05, 3.63) is 35.2 Å². The summed E-state index contributed by atoms with van der Waals surface area (Å²) in [5.41, 5.74) is -0.0298. The number of aromatic nitrogens is 2. The number of aryl methyl sites for hydroxylation is 1. The Morgan fingerprint density at radius 2 is 2.00 bits per heavy atom. The van der Waals surface area contributed by atoms with E-state index < -0.39 is 11.6 Å². The Labute approximate surface area is 104 Å². The molecule has 2 rings (SSSR count). The van der Waals surface area contributed by atoms with Gasteiger partial charge in [0, 0.05) is 5.56 Å². The smallest absolute Gasteiger partial charge is 0.175 e. The van der Waals surface area contributed by atoms with Crippen LogP contribution in [0.3, 0.4) is 0 Å². The maximum absolute atomic E-state index is 13.5. The molecule has 0 aliphatic rings. The van der Waals surface area contributed by atoms with Crippen LogP contribution in [0.1, 0.15) is 16.2 Å². The third-order valence-corrected chi connectivity index (χ3v) is 3.79. The summed E-state index contributed by atoms with van der Waals surface area (Å²) in [5, 5.41) is 0. The van der Waals surface area contributed by atoms with Crippen LogP contribution in [-0.2, 0) is 0 Å². The monoisotopic (exact) mass is 272 g/mol. The highest BCUT2D eigenvalue weighted by molar-refractivity contribution is 8.01. The van der Waals surface area contributed by atoms with E-state index in [-0.39, 0.29) is 10.5 Å². The standard InChI is InChI=1S/C10H6F2N2OS2/c1-5-13-10(17-14-5)16-9-7(11)2-6(4-15)3-8(9)12/h2-4H,1H3. The highest BCUT2D eigenvalue weighted by atomic mass is 32.2. The van der Waals surface area contributed by atoms with Gasteiger partial charge in [0.15, 0.2) is 4.34 Å². The van der Waals surface area contributed by atoms with E-state index in [2.05, 4.69) is 9.36 Å². The first-order chi connectivity index (χ1) is 8.10. The summed E-state index contributed by atoms with van der Waals surface area (Å²) >= 11 is 1.93. The molecule has 0 radical (unpaired) electrons. The van der Waals surface area contributed by atoms with Crippen molar-refractivity contribution in [2.75, 3.05) is 0 Å². The molecule has 3 nitrogen and oxygen atoms in total. The van der Waals surface area contributed by atoms with Crippen LogP contribution in [-0.4, -0.2) is 15.6 Å². The van der Waals surface area contributed by atoms with Crippen molar-refractivity contribution >= 4 is 29.6 Å². The molecule has 0 fully saturated rings. The molecule has 2 aromatic rings. The molecule has 0 N–H and O–H groups in total. The normalized spacial score (nSPS) is 10.5. The van der Waals surface area contributed by atoms with Crippen molar-refractivity contribution in [1.29, 1.82) is 0 Å². The van der Waals surface area contributed by atoms with Gasteiger partial charge < -0.3 is 0 Å². The van der Waals surface area contributed by atoms with Crippen LogP contribution in [0.2, 0.25) is 0 Å². The molecule has 0 bridgehead atoms. The van der Waals surface area contributed by atoms with Gasteiger partial charge in [-0.15, -0.1) is 0 Å². The molecule has 17 heavy (non-hydrogen) atoms. The van der Waals surface area contributed by atoms with Crippen LogP contribution >= 0.6 is 23.3 Å². The fraction of sp³-hybridized carbons (Fsp3) is 0.100. The lowest BCUT2D eigenvalue weighted by Gasteiger charge is -2.02. The van der Waals surface area contributed by atoms with E-state index in [1.807, 2.05) is 0 Å². The highest BCUT2D eigenvalue weighted by Gasteiger charge is 2.14. The molecule has 0 atom stereocenters. The van der Waals surface area contributed by atoms with Crippen molar-refractivity contribution in [3.8, 4) is 0 Å². The summed E-state index contributed by atoms with van der Waals surface area (Å²) in [7, 11) is 0. The number of nitrogens with zero attached hydrogens (tertiary/aromatic N) is 2. The zero-order valence-corrected chi connectivity index (χ0v) is 10.2. The number of carbonyl (C=O) groups is 1. The number of rotatable bonds is 3. The Bertz CT molecular complexity index is 548. The maximum atomic E-state index is 13.5. The summed E-state index contributed by atoms with van der Waals surface area (Å²) in [6.07, 6.45) is 0.399. The molecule has 7 heteroatoms. The zero-order valence-electron chi connectivity index (χ0n) is 8.61. The van der Waals surface area contributed by atoms with Crippen molar-refractivity contribution in [3.63, 3.8) is 0 Å². The van der Waals surface area contributed by atoms with E-state index in [1.165, 1.54) is 0 Å². The fourth-order valence-electron chi connectivity index (χ4n) is 1.15. The molecule has 88 valence electrons. The first-order valence-corrected chi connectivity index (χ1v) is 6.11. The average Bonchev–Trinajstić information content (AvgIpc) is 2.69. The second-order valence-corrected chi connectivity index (χ2v) is 5.15. The molecule has 0 spiro atoms. The van der Waals surface area contributed by atoms with E-state index in [9.17, 15) is 13.6 Å². The number of hydrogen-bond donors (Lipinski definition) is 0. The molecule has 0 amide bonds. The summed E-state index contributed by atoms with van der Waals surface area (Å²) in [4.78, 5) is 14.2. The average molecular weight is 272 g/mol. The molecule has 0 saturated carbocycles. The topological polar surface area (TPSA) is 42.9 Å². The molecule has 1 aromatic heterocycles. The van der Waals surface area contributed by atoms with Gasteiger partial charge in [-0.3, -0.25) is 4.79 Å². The quantitative estimate of drug-likeness (QED) is 0.805. The van der Waals surface area contributed by atoms with Gasteiger partial charge in [0.05, 0.1) is 4.90 Å². The lowest BCUT2D eigenvalue weighted by atomic mass is 10.2. The lowest BCUT2D eigenvalue weighted by Crippen LogP contribution is -1.91. The molecule has 0 aliphatic heterocycles. The van der Waals surface area contributed by atoms with Gasteiger partial charge in [-0.1, -0.05) is 11.8 Å². The minimum absolute atomic E-state index is 0.0298. The Kier molecular flexibility index (Phi) is 3.49. The van der Waals surface area contributed by atoms with E-state index in [4.69, 9.17) is 0 Å². The summed E-state index contributed by atoms with van der Waals surface area (Å²) < 4.78 is 31.4. The Hall–Kier alpha value is -1.34. The summed E-state index contributed by atoms with van der Waals surface area (Å²) in [6, 6.07) is 1.98. The Morgan fingerprint density at radius 3 is 2.47 bits per heavy atom. The van der Waals surface area contributed by atoms with Crippen LogP contribution in [0, 0.1) is 18.6 Å². The van der Waals surface area contributed by atoms with Gasteiger partial charge >= 0.3 is 0 Å². The Morgan fingerprint density at radius 1 is 1.35 bits per heavy atom. The molecule has 0 saturated heterocycles. The third-order valence-electron chi connectivity index (χ3n) is 1.86. The summed E-state index contributed by atoms with van der Waals surface area (Å²) in [6.45, 7) is 1.70. The Balaban J connectivity index is 2.36. The molecular formula is C10H6F2N2OS2. The number of aldehydes is 1. The number of halogens is 2. The molecule has 1 aromatic carbocycles. The van der Waals surface area contributed by atoms with Crippen LogP contribution in [0.5, 0.6) is 0 Å². The van der Waals surface area contributed by atoms with Gasteiger partial charge in [0.2, 0.25) is 0 Å². The fourth-order valence-corrected chi connectivity index (χ4v) is 2.75. The van der Waals surface area contributed by atoms with Gasteiger partial charge in [-0.2, -0.15) is 4.37 Å². The van der Waals surface area contributed by atoms with Gasteiger partial charge in [-0.05, 0) is 30.6 Å². The van der Waals surface area contributed by atoms with Gasteiger partial charge in [0.25, 0.3) is 0 Å². The highest BCUT2D eigenvalue weighted by Crippen LogP contribution is 2.33. The van der Waals surface area contributed by atoms with E-state index >= 15 is 0 Å². The van der Waals surface area contributed by atoms with E-state index in [1.54, 1.807) is 6.92 Å². The molecule has 1 heterocycles. The first kappa shape index (κ1) is 12.1. The first-order valence-electron chi connectivity index (χ1n) is 4.52. The number of carbonyl (C=O) groups excluding carboxylic acids is 1. The van der Waals surface area contributed by atoms with Crippen molar-refractivity contribution in [2.45, 2.75) is 16.2 Å². The van der Waals surface area contributed by atoms with Gasteiger partial charge in [0.1, 0.15) is 23.7 Å². The summed E-state index contributed by atoms with van der Waals surface area (Å²) in [5.74, 6) is -0.988. The minimum Gasteiger partial charge on any atom is -0.298 e.